The molecule has 0 radical (unpaired) electrons. The predicted octanol–water partition coefficient (Wildman–Crippen LogP) is 4.49. The largest absolute Gasteiger partial charge is 0.354 e. The highest BCUT2D eigenvalue weighted by molar-refractivity contribution is 7.92. The number of anilines is 1. The highest BCUT2D eigenvalue weighted by Gasteiger charge is 2.32. The first-order valence-corrected chi connectivity index (χ1v) is 14.4. The predicted molar refractivity (Wildman–Crippen MR) is 150 cm³/mol. The second kappa shape index (κ2) is 12.2. The van der Waals surface area contributed by atoms with Crippen LogP contribution in [0.3, 0.4) is 0 Å². The van der Waals surface area contributed by atoms with Gasteiger partial charge in [-0.05, 0) is 36.3 Å². The Morgan fingerprint density at radius 2 is 1.65 bits per heavy atom. The van der Waals surface area contributed by atoms with Gasteiger partial charge in [-0.25, -0.2) is 8.42 Å². The van der Waals surface area contributed by atoms with E-state index in [0.29, 0.717) is 18.7 Å². The Hall–Kier alpha value is -3.39. The van der Waals surface area contributed by atoms with Gasteiger partial charge in [0.15, 0.2) is 0 Å². The van der Waals surface area contributed by atoms with Crippen LogP contribution >= 0.6 is 0 Å². The molecule has 0 spiro atoms. The average molecular weight is 524 g/mol. The van der Waals surface area contributed by atoms with Crippen molar-refractivity contribution in [2.24, 2.45) is 5.92 Å². The van der Waals surface area contributed by atoms with Crippen molar-refractivity contribution in [3.05, 3.63) is 77.9 Å². The summed E-state index contributed by atoms with van der Waals surface area (Å²) in [6.07, 6.45) is 1.49. The summed E-state index contributed by atoms with van der Waals surface area (Å²) in [7, 11) is -3.81. The van der Waals surface area contributed by atoms with Crippen molar-refractivity contribution < 1.29 is 18.0 Å². The fourth-order valence-corrected chi connectivity index (χ4v) is 5.23. The van der Waals surface area contributed by atoms with E-state index in [1.165, 1.54) is 4.90 Å². The van der Waals surface area contributed by atoms with E-state index >= 15 is 0 Å². The van der Waals surface area contributed by atoms with Crippen LogP contribution in [0.15, 0.2) is 66.7 Å². The fourth-order valence-electron chi connectivity index (χ4n) is 4.37. The van der Waals surface area contributed by atoms with Crippen LogP contribution in [-0.4, -0.2) is 50.5 Å². The average Bonchev–Trinajstić information content (AvgIpc) is 2.85. The molecule has 3 rings (SSSR count). The number of nitrogens with one attached hydrogen (secondary N) is 1. The molecular weight excluding hydrogens is 486 g/mol. The van der Waals surface area contributed by atoms with E-state index in [1.807, 2.05) is 82.3 Å². The Kier molecular flexibility index (Phi) is 9.32. The van der Waals surface area contributed by atoms with Gasteiger partial charge in [-0.1, -0.05) is 87.0 Å². The Bertz CT molecular complexity index is 1350. The van der Waals surface area contributed by atoms with Gasteiger partial charge in [-0.15, -0.1) is 0 Å². The van der Waals surface area contributed by atoms with Gasteiger partial charge in [0.25, 0.3) is 0 Å². The summed E-state index contributed by atoms with van der Waals surface area (Å²) >= 11 is 0. The molecule has 37 heavy (non-hydrogen) atoms. The van der Waals surface area contributed by atoms with Crippen molar-refractivity contribution in [2.45, 2.75) is 46.7 Å². The molecule has 0 saturated heterocycles. The molecule has 0 aliphatic heterocycles. The van der Waals surface area contributed by atoms with E-state index in [0.717, 1.165) is 32.5 Å². The van der Waals surface area contributed by atoms with E-state index in [-0.39, 0.29) is 18.4 Å². The molecule has 0 aliphatic rings. The van der Waals surface area contributed by atoms with Gasteiger partial charge in [-0.3, -0.25) is 13.9 Å². The van der Waals surface area contributed by atoms with Gasteiger partial charge in [0, 0.05) is 18.5 Å². The van der Waals surface area contributed by atoms with E-state index in [1.54, 1.807) is 12.1 Å². The lowest BCUT2D eigenvalue weighted by molar-refractivity contribution is -0.140. The van der Waals surface area contributed by atoms with Crippen molar-refractivity contribution in [2.75, 3.05) is 23.7 Å². The van der Waals surface area contributed by atoms with Crippen LogP contribution < -0.4 is 9.62 Å². The quantitative estimate of drug-likeness (QED) is 0.401. The number of aryl methyl sites for hydroxylation is 1. The smallest absolute Gasteiger partial charge is 0.244 e. The summed E-state index contributed by atoms with van der Waals surface area (Å²) < 4.78 is 27.1. The minimum Gasteiger partial charge on any atom is -0.354 e. The molecule has 3 aromatic rings. The molecule has 7 nitrogen and oxygen atoms in total. The maximum absolute atomic E-state index is 13.9. The lowest BCUT2D eigenvalue weighted by Gasteiger charge is -2.33. The SMILES string of the molecule is CCC(C(=O)NCC(C)C)N(Cc1cccc(C)c1)C(=O)CN(c1cccc2ccccc12)S(C)(=O)=O. The standard InChI is InChI=1S/C29H37N3O4S/c1-6-26(29(34)30-18-21(2)3)31(19-23-12-9-11-22(4)17-23)28(33)20-32(37(5,35)36)27-16-10-14-24-13-7-8-15-25(24)27/h7-17,21,26H,6,18-20H2,1-5H3,(H,30,34). The molecule has 3 aromatic carbocycles. The van der Waals surface area contributed by atoms with E-state index in [2.05, 4.69) is 5.32 Å². The normalized spacial score (nSPS) is 12.4. The first kappa shape index (κ1) is 28.2. The van der Waals surface area contributed by atoms with Crippen molar-refractivity contribution in [1.82, 2.24) is 10.2 Å². The zero-order valence-electron chi connectivity index (χ0n) is 22.3. The number of fused-ring (bicyclic) bond motifs is 1. The number of benzene rings is 3. The van der Waals surface area contributed by atoms with Crippen LogP contribution in [0.4, 0.5) is 5.69 Å². The Morgan fingerprint density at radius 1 is 0.973 bits per heavy atom. The molecule has 0 fully saturated rings. The maximum Gasteiger partial charge on any atom is 0.244 e. The Morgan fingerprint density at radius 3 is 2.30 bits per heavy atom. The highest BCUT2D eigenvalue weighted by atomic mass is 32.2. The minimum absolute atomic E-state index is 0.196. The minimum atomic E-state index is -3.81. The third-order valence-electron chi connectivity index (χ3n) is 6.22. The number of nitrogens with zero attached hydrogens (tertiary/aromatic N) is 2. The number of carbonyl (C=O) groups excluding carboxylic acids is 2. The summed E-state index contributed by atoms with van der Waals surface area (Å²) in [5.74, 6) is -0.422. The number of amides is 2. The van der Waals surface area contributed by atoms with Gasteiger partial charge >= 0.3 is 0 Å². The zero-order valence-corrected chi connectivity index (χ0v) is 23.1. The van der Waals surface area contributed by atoms with Crippen LogP contribution in [0, 0.1) is 12.8 Å². The molecule has 0 aromatic heterocycles. The van der Waals surface area contributed by atoms with Gasteiger partial charge in [0.2, 0.25) is 21.8 Å². The molecule has 8 heteroatoms. The summed E-state index contributed by atoms with van der Waals surface area (Å²) in [6, 6.07) is 19.9. The number of hydrogen-bond donors (Lipinski definition) is 1. The molecule has 2 amide bonds. The summed E-state index contributed by atoms with van der Waals surface area (Å²) in [5, 5.41) is 4.54. The molecule has 198 valence electrons. The van der Waals surface area contributed by atoms with Crippen LogP contribution in [0.25, 0.3) is 10.8 Å². The van der Waals surface area contributed by atoms with E-state index in [4.69, 9.17) is 0 Å². The monoisotopic (exact) mass is 523 g/mol. The number of carbonyl (C=O) groups is 2. The second-order valence-electron chi connectivity index (χ2n) is 9.84. The number of hydrogen-bond acceptors (Lipinski definition) is 4. The maximum atomic E-state index is 13.9. The summed E-state index contributed by atoms with van der Waals surface area (Å²) in [5.41, 5.74) is 2.34. The number of rotatable bonds is 11. The molecule has 0 heterocycles. The van der Waals surface area contributed by atoms with E-state index in [9.17, 15) is 18.0 Å². The Labute approximate surface area is 220 Å². The fraction of sp³-hybridized carbons (Fsp3) is 0.379. The third kappa shape index (κ3) is 7.32. The molecule has 1 unspecified atom stereocenters. The van der Waals surface area contributed by atoms with Gasteiger partial charge in [0.05, 0.1) is 11.9 Å². The summed E-state index contributed by atoms with van der Waals surface area (Å²) in [4.78, 5) is 28.6. The van der Waals surface area contributed by atoms with Crippen molar-refractivity contribution in [3.63, 3.8) is 0 Å². The molecular formula is C29H37N3O4S. The van der Waals surface area contributed by atoms with Crippen LogP contribution in [0.2, 0.25) is 0 Å². The lowest BCUT2D eigenvalue weighted by atomic mass is 10.1. The van der Waals surface area contributed by atoms with Crippen molar-refractivity contribution in [3.8, 4) is 0 Å². The van der Waals surface area contributed by atoms with Crippen molar-refractivity contribution >= 4 is 38.3 Å². The molecule has 1 N–H and O–H groups in total. The topological polar surface area (TPSA) is 86.8 Å². The van der Waals surface area contributed by atoms with Gasteiger partial charge in [0.1, 0.15) is 12.6 Å². The molecule has 0 bridgehead atoms. The van der Waals surface area contributed by atoms with Gasteiger partial charge in [-0.2, -0.15) is 0 Å². The summed E-state index contributed by atoms with van der Waals surface area (Å²) in [6.45, 7) is 8.11. The first-order valence-electron chi connectivity index (χ1n) is 12.6. The van der Waals surface area contributed by atoms with Crippen LogP contribution in [0.1, 0.15) is 38.3 Å². The van der Waals surface area contributed by atoms with Crippen molar-refractivity contribution in [1.29, 1.82) is 0 Å². The molecule has 0 aliphatic carbocycles. The Balaban J connectivity index is 2.01. The highest BCUT2D eigenvalue weighted by Crippen LogP contribution is 2.29. The van der Waals surface area contributed by atoms with E-state index < -0.39 is 28.5 Å². The van der Waals surface area contributed by atoms with Gasteiger partial charge < -0.3 is 10.2 Å². The van der Waals surface area contributed by atoms with Crippen LogP contribution in [0.5, 0.6) is 0 Å². The first-order chi connectivity index (χ1) is 17.5. The zero-order chi connectivity index (χ0) is 27.2. The molecule has 0 saturated carbocycles. The lowest BCUT2D eigenvalue weighted by Crippen LogP contribution is -2.52. The van der Waals surface area contributed by atoms with Crippen LogP contribution in [-0.2, 0) is 26.2 Å². The molecule has 1 atom stereocenters. The third-order valence-corrected chi connectivity index (χ3v) is 7.35. The number of sulfonamides is 1. The second-order valence-corrected chi connectivity index (χ2v) is 11.7.